The Kier molecular flexibility index (Phi) is 4.89. The smallest absolute Gasteiger partial charge is 0.133 e. The number of benzene rings is 1. The minimum absolute atomic E-state index is 0.615. The van der Waals surface area contributed by atoms with Crippen molar-refractivity contribution in [2.24, 2.45) is 0 Å². The first-order chi connectivity index (χ1) is 8.74. The highest BCUT2D eigenvalue weighted by Gasteiger charge is 2.19. The minimum Gasteiger partial charge on any atom is -0.496 e. The van der Waals surface area contributed by atoms with Gasteiger partial charge < -0.3 is 15.0 Å². The van der Waals surface area contributed by atoms with Crippen LogP contribution in [0.5, 0.6) is 5.75 Å². The molecule has 0 aromatic heterocycles. The highest BCUT2D eigenvalue weighted by Crippen LogP contribution is 2.30. The van der Waals surface area contributed by atoms with Crippen LogP contribution < -0.4 is 15.0 Å². The molecule has 1 aliphatic rings. The van der Waals surface area contributed by atoms with Gasteiger partial charge in [0.15, 0.2) is 0 Å². The van der Waals surface area contributed by atoms with Crippen molar-refractivity contribution in [1.29, 1.82) is 0 Å². The van der Waals surface area contributed by atoms with Crippen molar-refractivity contribution >= 4 is 21.6 Å². The van der Waals surface area contributed by atoms with Crippen LogP contribution in [0.15, 0.2) is 22.7 Å². The first-order valence-electron chi connectivity index (χ1n) is 6.56. The third-order valence-corrected chi connectivity index (χ3v) is 4.01. The van der Waals surface area contributed by atoms with Crippen LogP contribution in [0.1, 0.15) is 19.8 Å². The summed E-state index contributed by atoms with van der Waals surface area (Å²) in [4.78, 5) is 2.45. The summed E-state index contributed by atoms with van der Waals surface area (Å²) in [7, 11) is 1.70. The van der Waals surface area contributed by atoms with E-state index in [-0.39, 0.29) is 0 Å². The Hall–Kier alpha value is -0.740. The molecule has 0 saturated carbocycles. The van der Waals surface area contributed by atoms with Crippen LogP contribution in [0.25, 0.3) is 0 Å². The summed E-state index contributed by atoms with van der Waals surface area (Å²) < 4.78 is 6.29. The van der Waals surface area contributed by atoms with E-state index < -0.39 is 0 Å². The molecule has 0 radical (unpaired) electrons. The maximum atomic E-state index is 5.27. The van der Waals surface area contributed by atoms with Crippen molar-refractivity contribution in [3.63, 3.8) is 0 Å². The third kappa shape index (κ3) is 3.18. The quantitative estimate of drug-likeness (QED) is 0.925. The van der Waals surface area contributed by atoms with E-state index in [2.05, 4.69) is 45.2 Å². The SMILES string of the molecule is CCCC1CN(c2ccc(OC)c(Br)c2)CCN1. The van der Waals surface area contributed by atoms with E-state index in [0.29, 0.717) is 6.04 Å². The van der Waals surface area contributed by atoms with E-state index in [9.17, 15) is 0 Å². The normalized spacial score (nSPS) is 19.9. The molecule has 1 heterocycles. The number of ether oxygens (including phenoxy) is 1. The number of halogens is 1. The molecule has 1 aliphatic heterocycles. The van der Waals surface area contributed by atoms with E-state index in [1.165, 1.54) is 18.5 Å². The van der Waals surface area contributed by atoms with Crippen LogP contribution in [0.2, 0.25) is 0 Å². The lowest BCUT2D eigenvalue weighted by molar-refractivity contribution is 0.411. The Morgan fingerprint density at radius 2 is 2.33 bits per heavy atom. The molecule has 1 aromatic carbocycles. The minimum atomic E-state index is 0.615. The monoisotopic (exact) mass is 312 g/mol. The lowest BCUT2D eigenvalue weighted by Gasteiger charge is -2.35. The molecule has 1 atom stereocenters. The average Bonchev–Trinajstić information content (AvgIpc) is 2.39. The van der Waals surface area contributed by atoms with Crippen LogP contribution in [-0.4, -0.2) is 32.8 Å². The van der Waals surface area contributed by atoms with E-state index in [4.69, 9.17) is 4.74 Å². The Morgan fingerprint density at radius 3 is 3.00 bits per heavy atom. The van der Waals surface area contributed by atoms with Gasteiger partial charge in [-0.25, -0.2) is 0 Å². The van der Waals surface area contributed by atoms with Gasteiger partial charge in [0.1, 0.15) is 5.75 Å². The van der Waals surface area contributed by atoms with Crippen molar-refractivity contribution in [3.8, 4) is 5.75 Å². The number of piperazine rings is 1. The highest BCUT2D eigenvalue weighted by atomic mass is 79.9. The lowest BCUT2D eigenvalue weighted by atomic mass is 10.1. The number of hydrogen-bond donors (Lipinski definition) is 1. The maximum Gasteiger partial charge on any atom is 0.133 e. The average molecular weight is 313 g/mol. The van der Waals surface area contributed by atoms with Crippen molar-refractivity contribution < 1.29 is 4.74 Å². The first-order valence-corrected chi connectivity index (χ1v) is 7.35. The number of nitrogens with one attached hydrogen (secondary N) is 1. The number of anilines is 1. The molecule has 18 heavy (non-hydrogen) atoms. The molecule has 0 bridgehead atoms. The summed E-state index contributed by atoms with van der Waals surface area (Å²) >= 11 is 3.55. The fraction of sp³-hybridized carbons (Fsp3) is 0.571. The van der Waals surface area contributed by atoms with Gasteiger partial charge in [0.05, 0.1) is 11.6 Å². The van der Waals surface area contributed by atoms with Gasteiger partial charge in [-0.15, -0.1) is 0 Å². The van der Waals surface area contributed by atoms with Crippen molar-refractivity contribution in [2.45, 2.75) is 25.8 Å². The largest absolute Gasteiger partial charge is 0.496 e. The van der Waals surface area contributed by atoms with Crippen molar-refractivity contribution in [3.05, 3.63) is 22.7 Å². The van der Waals surface area contributed by atoms with Crippen LogP contribution in [-0.2, 0) is 0 Å². The fourth-order valence-corrected chi connectivity index (χ4v) is 2.98. The first kappa shape index (κ1) is 13.7. The molecule has 1 N–H and O–H groups in total. The second-order valence-electron chi connectivity index (χ2n) is 4.70. The molecule has 1 aromatic rings. The molecule has 1 fully saturated rings. The lowest BCUT2D eigenvalue weighted by Crippen LogP contribution is -2.50. The summed E-state index contributed by atoms with van der Waals surface area (Å²) in [6.45, 7) is 5.46. The van der Waals surface area contributed by atoms with Crippen LogP contribution in [0.3, 0.4) is 0 Å². The van der Waals surface area contributed by atoms with Gasteiger partial charge in [-0.05, 0) is 40.5 Å². The van der Waals surface area contributed by atoms with E-state index in [1.54, 1.807) is 7.11 Å². The summed E-state index contributed by atoms with van der Waals surface area (Å²) in [5, 5.41) is 3.58. The summed E-state index contributed by atoms with van der Waals surface area (Å²) in [6.07, 6.45) is 2.48. The van der Waals surface area contributed by atoms with Gasteiger partial charge in [-0.2, -0.15) is 0 Å². The molecule has 0 spiro atoms. The second-order valence-corrected chi connectivity index (χ2v) is 5.56. The molecule has 0 amide bonds. The van der Waals surface area contributed by atoms with E-state index >= 15 is 0 Å². The zero-order valence-electron chi connectivity index (χ0n) is 11.1. The van der Waals surface area contributed by atoms with Gasteiger partial charge in [0, 0.05) is 31.4 Å². The zero-order chi connectivity index (χ0) is 13.0. The predicted octanol–water partition coefficient (Wildman–Crippen LogP) is 3.04. The Labute approximate surface area is 118 Å². The van der Waals surface area contributed by atoms with Crippen LogP contribution in [0, 0.1) is 0 Å². The van der Waals surface area contributed by atoms with Gasteiger partial charge in [0.2, 0.25) is 0 Å². The van der Waals surface area contributed by atoms with Crippen LogP contribution >= 0.6 is 15.9 Å². The molecule has 1 unspecified atom stereocenters. The summed E-state index contributed by atoms with van der Waals surface area (Å²) in [6, 6.07) is 6.92. The number of nitrogens with zero attached hydrogens (tertiary/aromatic N) is 1. The highest BCUT2D eigenvalue weighted by molar-refractivity contribution is 9.10. The summed E-state index contributed by atoms with van der Waals surface area (Å²) in [5.74, 6) is 0.888. The molecular formula is C14H21BrN2O. The van der Waals surface area contributed by atoms with Crippen molar-refractivity contribution in [2.75, 3.05) is 31.6 Å². The standard InChI is InChI=1S/C14H21BrN2O/c1-3-4-11-10-17(8-7-16-11)12-5-6-14(18-2)13(15)9-12/h5-6,9,11,16H,3-4,7-8,10H2,1-2H3. The topological polar surface area (TPSA) is 24.5 Å². The third-order valence-electron chi connectivity index (χ3n) is 3.39. The molecule has 2 rings (SSSR count). The summed E-state index contributed by atoms with van der Waals surface area (Å²) in [5.41, 5.74) is 1.27. The molecule has 100 valence electrons. The predicted molar refractivity (Wildman–Crippen MR) is 79.6 cm³/mol. The van der Waals surface area contributed by atoms with E-state index in [0.717, 1.165) is 29.9 Å². The van der Waals surface area contributed by atoms with Gasteiger partial charge in [0.25, 0.3) is 0 Å². The van der Waals surface area contributed by atoms with Gasteiger partial charge >= 0.3 is 0 Å². The zero-order valence-corrected chi connectivity index (χ0v) is 12.7. The number of methoxy groups -OCH3 is 1. The Bertz CT molecular complexity index is 395. The maximum absolute atomic E-state index is 5.27. The molecule has 4 heteroatoms. The van der Waals surface area contributed by atoms with Crippen molar-refractivity contribution in [1.82, 2.24) is 5.32 Å². The molecule has 3 nitrogen and oxygen atoms in total. The number of hydrogen-bond acceptors (Lipinski definition) is 3. The Morgan fingerprint density at radius 1 is 1.50 bits per heavy atom. The van der Waals surface area contributed by atoms with E-state index in [1.807, 2.05) is 6.07 Å². The molecule has 0 aliphatic carbocycles. The number of rotatable bonds is 4. The molecular weight excluding hydrogens is 292 g/mol. The van der Waals surface area contributed by atoms with Crippen LogP contribution in [0.4, 0.5) is 5.69 Å². The Balaban J connectivity index is 2.08. The molecule has 1 saturated heterocycles. The fourth-order valence-electron chi connectivity index (χ4n) is 2.45. The van der Waals surface area contributed by atoms with Gasteiger partial charge in [-0.1, -0.05) is 13.3 Å². The van der Waals surface area contributed by atoms with Gasteiger partial charge in [-0.3, -0.25) is 0 Å². The second kappa shape index (κ2) is 6.43.